The van der Waals surface area contributed by atoms with Crippen molar-refractivity contribution in [1.82, 2.24) is 14.1 Å². The standard InChI is InChI=1S/C33H36N4O4S/c1-6-36(7-2)42(39,40)24-15-13-22(14-16-24)27-17-18-28(41-27)31-29-21(3)35-37(23-11-9-8-10-12-23)32(29)34-25-19-33(4,5)20-26(38)30(25)31/h8-19,30-31,34H,6-7,20H2,1-5H3/t30-,31+/m0/s1. The molecule has 2 aromatic carbocycles. The van der Waals surface area contributed by atoms with Crippen LogP contribution < -0.4 is 5.32 Å². The summed E-state index contributed by atoms with van der Waals surface area (Å²) in [7, 11) is -3.56. The van der Waals surface area contributed by atoms with Crippen LogP contribution in [0.5, 0.6) is 0 Å². The first kappa shape index (κ1) is 28.2. The van der Waals surface area contributed by atoms with E-state index in [1.54, 1.807) is 24.3 Å². The highest BCUT2D eigenvalue weighted by molar-refractivity contribution is 7.89. The van der Waals surface area contributed by atoms with E-state index in [4.69, 9.17) is 9.52 Å². The van der Waals surface area contributed by atoms with E-state index in [0.717, 1.165) is 34.0 Å². The number of Topliss-reactive ketones (excluding diaryl/α,β-unsaturated/α-hetero) is 1. The van der Waals surface area contributed by atoms with Gasteiger partial charge in [-0.05, 0) is 60.9 Å². The molecule has 0 spiro atoms. The number of aromatic nitrogens is 2. The highest BCUT2D eigenvalue weighted by Crippen LogP contribution is 2.51. The van der Waals surface area contributed by atoms with Crippen LogP contribution in [0.3, 0.4) is 0 Å². The summed E-state index contributed by atoms with van der Waals surface area (Å²) in [5.41, 5.74) is 4.05. The summed E-state index contributed by atoms with van der Waals surface area (Å²) >= 11 is 0. The Bertz CT molecular complexity index is 1780. The molecule has 3 heterocycles. The van der Waals surface area contributed by atoms with Crippen molar-refractivity contribution in [3.05, 3.63) is 95.5 Å². The first-order valence-corrected chi connectivity index (χ1v) is 15.9. The molecule has 2 aromatic heterocycles. The van der Waals surface area contributed by atoms with Gasteiger partial charge in [0.05, 0.1) is 28.1 Å². The highest BCUT2D eigenvalue weighted by Gasteiger charge is 2.47. The molecule has 0 unspecified atom stereocenters. The van der Waals surface area contributed by atoms with Gasteiger partial charge < -0.3 is 9.73 Å². The second-order valence-corrected chi connectivity index (χ2v) is 13.7. The number of hydrogen-bond acceptors (Lipinski definition) is 6. The number of allylic oxidation sites excluding steroid dienone is 2. The van der Waals surface area contributed by atoms with Crippen LogP contribution in [-0.2, 0) is 14.8 Å². The molecule has 1 aliphatic carbocycles. The van der Waals surface area contributed by atoms with Gasteiger partial charge in [0.25, 0.3) is 0 Å². The maximum Gasteiger partial charge on any atom is 0.243 e. The van der Waals surface area contributed by atoms with E-state index in [9.17, 15) is 13.2 Å². The molecule has 9 heteroatoms. The predicted molar refractivity (Wildman–Crippen MR) is 163 cm³/mol. The minimum Gasteiger partial charge on any atom is -0.460 e. The average Bonchev–Trinajstić information content (AvgIpc) is 3.57. The largest absolute Gasteiger partial charge is 0.460 e. The second-order valence-electron chi connectivity index (χ2n) is 11.7. The molecule has 1 N–H and O–H groups in total. The molecule has 4 aromatic rings. The molecule has 0 bridgehead atoms. The maximum absolute atomic E-state index is 13.7. The SMILES string of the molecule is CCN(CC)S(=O)(=O)c1ccc(-c2ccc([C@@H]3c4c(C)nn(-c5ccccc5)c4NC4=CC(C)(C)CC(=O)[C@H]43)o2)cc1. The summed E-state index contributed by atoms with van der Waals surface area (Å²) in [5.74, 6) is 1.51. The number of furan rings is 1. The number of para-hydroxylation sites is 1. The fourth-order valence-electron chi connectivity index (χ4n) is 6.35. The Labute approximate surface area is 247 Å². The van der Waals surface area contributed by atoms with E-state index in [2.05, 4.69) is 25.2 Å². The maximum atomic E-state index is 13.7. The zero-order valence-corrected chi connectivity index (χ0v) is 25.4. The van der Waals surface area contributed by atoms with Crippen LogP contribution in [0.1, 0.15) is 57.1 Å². The molecule has 6 rings (SSSR count). The fourth-order valence-corrected chi connectivity index (χ4v) is 7.81. The van der Waals surface area contributed by atoms with Crippen molar-refractivity contribution >= 4 is 21.6 Å². The summed E-state index contributed by atoms with van der Waals surface area (Å²) in [6.07, 6.45) is 2.61. The zero-order chi connectivity index (χ0) is 29.8. The summed E-state index contributed by atoms with van der Waals surface area (Å²) in [4.78, 5) is 14.0. The Morgan fingerprint density at radius 1 is 1.00 bits per heavy atom. The molecule has 0 amide bonds. The molecular weight excluding hydrogens is 548 g/mol. The van der Waals surface area contributed by atoms with Gasteiger partial charge in [-0.15, -0.1) is 0 Å². The number of ketones is 1. The highest BCUT2D eigenvalue weighted by atomic mass is 32.2. The first-order valence-electron chi connectivity index (χ1n) is 14.4. The van der Waals surface area contributed by atoms with Crippen molar-refractivity contribution in [1.29, 1.82) is 0 Å². The smallest absolute Gasteiger partial charge is 0.243 e. The van der Waals surface area contributed by atoms with Crippen LogP contribution in [0.4, 0.5) is 5.82 Å². The Hall–Kier alpha value is -3.95. The molecule has 0 saturated carbocycles. The van der Waals surface area contributed by atoms with Crippen molar-refractivity contribution in [3.63, 3.8) is 0 Å². The third kappa shape index (κ3) is 4.70. The van der Waals surface area contributed by atoms with E-state index >= 15 is 0 Å². The Kier molecular flexibility index (Phi) is 6.98. The molecule has 8 nitrogen and oxygen atoms in total. The number of anilines is 1. The van der Waals surface area contributed by atoms with Gasteiger partial charge in [-0.3, -0.25) is 4.79 Å². The summed E-state index contributed by atoms with van der Waals surface area (Å²) in [5, 5.41) is 8.48. The van der Waals surface area contributed by atoms with Crippen LogP contribution >= 0.6 is 0 Å². The lowest BCUT2D eigenvalue weighted by Gasteiger charge is -2.39. The number of aryl methyl sites for hydroxylation is 1. The van der Waals surface area contributed by atoms with Gasteiger partial charge >= 0.3 is 0 Å². The van der Waals surface area contributed by atoms with Crippen molar-refractivity contribution in [3.8, 4) is 17.0 Å². The van der Waals surface area contributed by atoms with Gasteiger partial charge in [0.1, 0.15) is 23.1 Å². The number of benzene rings is 2. The predicted octanol–water partition coefficient (Wildman–Crippen LogP) is 6.53. The number of hydrogen-bond donors (Lipinski definition) is 1. The van der Waals surface area contributed by atoms with Crippen molar-refractivity contribution < 1.29 is 17.6 Å². The number of carbonyl (C=O) groups excluding carboxylic acids is 1. The van der Waals surface area contributed by atoms with E-state index in [-0.39, 0.29) is 22.0 Å². The molecule has 2 aliphatic rings. The molecule has 2 atom stereocenters. The minimum atomic E-state index is -3.56. The summed E-state index contributed by atoms with van der Waals surface area (Å²) < 4.78 is 35.8. The van der Waals surface area contributed by atoms with Crippen molar-refractivity contribution in [2.75, 3.05) is 18.4 Å². The summed E-state index contributed by atoms with van der Waals surface area (Å²) in [6, 6.07) is 20.5. The molecule has 0 radical (unpaired) electrons. The van der Waals surface area contributed by atoms with Gasteiger partial charge in [-0.1, -0.05) is 52.0 Å². The van der Waals surface area contributed by atoms with Crippen LogP contribution in [0.2, 0.25) is 0 Å². The van der Waals surface area contributed by atoms with Gasteiger partial charge in [-0.25, -0.2) is 13.1 Å². The molecular formula is C33H36N4O4S. The third-order valence-corrected chi connectivity index (χ3v) is 10.4. The third-order valence-electron chi connectivity index (χ3n) is 8.29. The van der Waals surface area contributed by atoms with Gasteiger partial charge in [-0.2, -0.15) is 9.40 Å². The van der Waals surface area contributed by atoms with Gasteiger partial charge in [0, 0.05) is 36.3 Å². The van der Waals surface area contributed by atoms with Crippen LogP contribution in [0.25, 0.3) is 17.0 Å². The zero-order valence-electron chi connectivity index (χ0n) is 24.6. The number of sulfonamides is 1. The van der Waals surface area contributed by atoms with E-state index in [1.807, 2.05) is 67.9 Å². The Balaban J connectivity index is 1.43. The lowest BCUT2D eigenvalue weighted by Crippen LogP contribution is -2.39. The van der Waals surface area contributed by atoms with E-state index in [0.29, 0.717) is 31.0 Å². The van der Waals surface area contributed by atoms with Crippen LogP contribution in [0.15, 0.2) is 87.8 Å². The van der Waals surface area contributed by atoms with E-state index in [1.165, 1.54) is 4.31 Å². The van der Waals surface area contributed by atoms with Gasteiger partial charge in [0.15, 0.2) is 0 Å². The molecule has 1 aliphatic heterocycles. The molecule has 0 saturated heterocycles. The number of nitrogens with one attached hydrogen (secondary N) is 1. The lowest BCUT2D eigenvalue weighted by molar-refractivity contribution is -0.124. The van der Waals surface area contributed by atoms with Crippen molar-refractivity contribution in [2.45, 2.75) is 51.9 Å². The fraction of sp³-hybridized carbons (Fsp3) is 0.333. The number of rotatable bonds is 7. The quantitative estimate of drug-likeness (QED) is 0.265. The normalized spacial score (nSPS) is 19.7. The molecule has 0 fully saturated rings. The summed E-state index contributed by atoms with van der Waals surface area (Å²) in [6.45, 7) is 10.6. The number of carbonyl (C=O) groups is 1. The van der Waals surface area contributed by atoms with Gasteiger partial charge in [0.2, 0.25) is 10.0 Å². The average molecular weight is 585 g/mol. The van der Waals surface area contributed by atoms with Crippen molar-refractivity contribution in [2.24, 2.45) is 11.3 Å². The molecule has 42 heavy (non-hydrogen) atoms. The monoisotopic (exact) mass is 584 g/mol. The van der Waals surface area contributed by atoms with E-state index < -0.39 is 15.9 Å². The van der Waals surface area contributed by atoms with Crippen LogP contribution in [0, 0.1) is 18.3 Å². The van der Waals surface area contributed by atoms with Crippen LogP contribution in [-0.4, -0.2) is 41.4 Å². The second kappa shape index (κ2) is 10.4. The number of fused-ring (bicyclic) bond motifs is 2. The number of nitrogens with zero attached hydrogens (tertiary/aromatic N) is 3. The lowest BCUT2D eigenvalue weighted by atomic mass is 9.68. The Morgan fingerprint density at radius 2 is 1.69 bits per heavy atom. The Morgan fingerprint density at radius 3 is 2.36 bits per heavy atom. The molecule has 218 valence electrons. The minimum absolute atomic E-state index is 0.163. The first-order chi connectivity index (χ1) is 20.0. The topological polar surface area (TPSA) is 97.4 Å².